The van der Waals surface area contributed by atoms with Crippen LogP contribution in [0, 0.1) is 6.92 Å². The average Bonchev–Trinajstić information content (AvgIpc) is 3.10. The molecule has 0 aliphatic carbocycles. The van der Waals surface area contributed by atoms with Crippen molar-refractivity contribution in [2.75, 3.05) is 14.2 Å². The summed E-state index contributed by atoms with van der Waals surface area (Å²) in [6.07, 6.45) is 1.60. The Morgan fingerprint density at radius 1 is 0.969 bits per heavy atom. The smallest absolute Gasteiger partial charge is 0.343 e. The molecule has 0 bridgehead atoms. The maximum Gasteiger partial charge on any atom is 0.343 e. The summed E-state index contributed by atoms with van der Waals surface area (Å²) in [5.41, 5.74) is 1.98. The van der Waals surface area contributed by atoms with Gasteiger partial charge in [-0.1, -0.05) is 29.8 Å². The van der Waals surface area contributed by atoms with Crippen LogP contribution >= 0.6 is 11.6 Å². The Kier molecular flexibility index (Phi) is 5.88. The third kappa shape index (κ3) is 4.18. The monoisotopic (exact) mass is 450 g/mol. The number of allylic oxidation sites excluding steroid dienone is 1. The second kappa shape index (κ2) is 8.77. The van der Waals surface area contributed by atoms with Crippen molar-refractivity contribution >= 4 is 29.4 Å². The number of benzene rings is 3. The van der Waals surface area contributed by atoms with Crippen LogP contribution in [-0.2, 0) is 0 Å². The average molecular weight is 451 g/mol. The van der Waals surface area contributed by atoms with Gasteiger partial charge in [-0.2, -0.15) is 0 Å². The molecule has 0 aromatic heterocycles. The third-order valence-corrected chi connectivity index (χ3v) is 5.28. The van der Waals surface area contributed by atoms with Crippen LogP contribution in [0.1, 0.15) is 31.8 Å². The van der Waals surface area contributed by atoms with E-state index >= 15 is 0 Å². The van der Waals surface area contributed by atoms with Gasteiger partial charge in [0, 0.05) is 17.2 Å². The summed E-state index contributed by atoms with van der Waals surface area (Å²) in [5, 5.41) is 0.507. The standard InChI is InChI=1S/C25H19ClO6/c1-14-8-19(31-25(28)16-9-17(29-2)12-18(10-16)30-3)13-21-23(14)24(27)22(32-21)11-15-6-4-5-7-20(15)26/h4-13H,1-3H3/b22-11-. The number of ketones is 1. The van der Waals surface area contributed by atoms with E-state index in [0.717, 1.165) is 0 Å². The summed E-state index contributed by atoms with van der Waals surface area (Å²) in [7, 11) is 2.99. The molecule has 6 nitrogen and oxygen atoms in total. The molecular formula is C25H19ClO6. The minimum absolute atomic E-state index is 0.150. The zero-order chi connectivity index (χ0) is 22.8. The van der Waals surface area contributed by atoms with E-state index in [1.807, 2.05) is 6.07 Å². The molecule has 0 amide bonds. The molecule has 0 radical (unpaired) electrons. The molecule has 0 saturated heterocycles. The lowest BCUT2D eigenvalue weighted by atomic mass is 10.0. The van der Waals surface area contributed by atoms with E-state index in [-0.39, 0.29) is 22.9 Å². The van der Waals surface area contributed by atoms with Crippen LogP contribution in [0.5, 0.6) is 23.0 Å². The molecular weight excluding hydrogens is 432 g/mol. The van der Waals surface area contributed by atoms with Gasteiger partial charge in [-0.15, -0.1) is 0 Å². The van der Waals surface area contributed by atoms with Crippen molar-refractivity contribution < 1.29 is 28.5 Å². The minimum Gasteiger partial charge on any atom is -0.497 e. The molecule has 1 heterocycles. The highest BCUT2D eigenvalue weighted by molar-refractivity contribution is 6.32. The Labute approximate surface area is 189 Å². The Balaban J connectivity index is 1.62. The van der Waals surface area contributed by atoms with Gasteiger partial charge >= 0.3 is 5.97 Å². The van der Waals surface area contributed by atoms with E-state index in [1.54, 1.807) is 55.5 Å². The number of hydrogen-bond acceptors (Lipinski definition) is 6. The quantitative estimate of drug-likeness (QED) is 0.290. The number of hydrogen-bond donors (Lipinski definition) is 0. The maximum absolute atomic E-state index is 12.9. The summed E-state index contributed by atoms with van der Waals surface area (Å²) < 4.78 is 21.7. The molecule has 1 aliphatic rings. The molecule has 1 aliphatic heterocycles. The number of rotatable bonds is 5. The Morgan fingerprint density at radius 2 is 1.66 bits per heavy atom. The summed E-state index contributed by atoms with van der Waals surface area (Å²) >= 11 is 6.19. The van der Waals surface area contributed by atoms with Crippen molar-refractivity contribution in [1.29, 1.82) is 0 Å². The van der Waals surface area contributed by atoms with E-state index in [9.17, 15) is 9.59 Å². The predicted molar refractivity (Wildman–Crippen MR) is 120 cm³/mol. The van der Waals surface area contributed by atoms with Crippen LogP contribution in [0.25, 0.3) is 6.08 Å². The van der Waals surface area contributed by atoms with Gasteiger partial charge in [0.05, 0.1) is 25.3 Å². The molecule has 4 rings (SSSR count). The van der Waals surface area contributed by atoms with Gasteiger partial charge in [0.2, 0.25) is 5.78 Å². The number of carbonyl (C=O) groups is 2. The molecule has 32 heavy (non-hydrogen) atoms. The fourth-order valence-electron chi connectivity index (χ4n) is 3.36. The van der Waals surface area contributed by atoms with Crippen molar-refractivity contribution in [1.82, 2.24) is 0 Å². The normalized spacial score (nSPS) is 13.5. The number of carbonyl (C=O) groups excluding carboxylic acids is 2. The second-order valence-corrected chi connectivity index (χ2v) is 7.47. The minimum atomic E-state index is -0.599. The molecule has 3 aromatic carbocycles. The lowest BCUT2D eigenvalue weighted by Crippen LogP contribution is -2.09. The van der Waals surface area contributed by atoms with Gasteiger partial charge in [0.25, 0.3) is 0 Å². The highest BCUT2D eigenvalue weighted by atomic mass is 35.5. The van der Waals surface area contributed by atoms with Crippen molar-refractivity contribution in [3.63, 3.8) is 0 Å². The zero-order valence-electron chi connectivity index (χ0n) is 17.6. The van der Waals surface area contributed by atoms with Crippen molar-refractivity contribution in [3.8, 4) is 23.0 Å². The van der Waals surface area contributed by atoms with Gasteiger partial charge < -0.3 is 18.9 Å². The highest BCUT2D eigenvalue weighted by Gasteiger charge is 2.30. The fraction of sp³-hybridized carbons (Fsp3) is 0.120. The topological polar surface area (TPSA) is 71.1 Å². The van der Waals surface area contributed by atoms with Gasteiger partial charge in [-0.3, -0.25) is 4.79 Å². The first-order valence-corrected chi connectivity index (χ1v) is 10.1. The SMILES string of the molecule is COc1cc(OC)cc(C(=O)Oc2cc(C)c3c(c2)O/C(=C\c2ccccc2Cl)C3=O)c1. The van der Waals surface area contributed by atoms with Crippen LogP contribution in [0.3, 0.4) is 0 Å². The summed E-state index contributed by atoms with van der Waals surface area (Å²) in [4.78, 5) is 25.6. The number of halogens is 1. The largest absolute Gasteiger partial charge is 0.497 e. The summed E-state index contributed by atoms with van der Waals surface area (Å²) in [6, 6.07) is 15.0. The van der Waals surface area contributed by atoms with Crippen LogP contribution in [0.15, 0.2) is 60.4 Å². The van der Waals surface area contributed by atoms with E-state index in [2.05, 4.69) is 0 Å². The number of Topliss-reactive ketones (excluding diaryl/α,β-unsaturated/α-hetero) is 1. The molecule has 0 atom stereocenters. The Hall–Kier alpha value is -3.77. The van der Waals surface area contributed by atoms with Crippen molar-refractivity contribution in [3.05, 3.63) is 87.6 Å². The van der Waals surface area contributed by atoms with Gasteiger partial charge in [0.15, 0.2) is 5.76 Å². The number of fused-ring (bicyclic) bond motifs is 1. The van der Waals surface area contributed by atoms with Crippen LogP contribution in [0.4, 0.5) is 0 Å². The molecule has 162 valence electrons. The molecule has 0 fully saturated rings. The molecule has 0 spiro atoms. The first-order valence-electron chi connectivity index (χ1n) is 9.68. The number of methoxy groups -OCH3 is 2. The van der Waals surface area contributed by atoms with Gasteiger partial charge in [-0.05, 0) is 48.4 Å². The van der Waals surface area contributed by atoms with Crippen LogP contribution in [-0.4, -0.2) is 26.0 Å². The summed E-state index contributed by atoms with van der Waals surface area (Å²) in [6.45, 7) is 1.75. The molecule has 0 saturated carbocycles. The van der Waals surface area contributed by atoms with Crippen LogP contribution < -0.4 is 18.9 Å². The van der Waals surface area contributed by atoms with E-state index in [1.165, 1.54) is 20.3 Å². The third-order valence-electron chi connectivity index (χ3n) is 4.93. The van der Waals surface area contributed by atoms with Crippen molar-refractivity contribution in [2.24, 2.45) is 0 Å². The molecule has 3 aromatic rings. The molecule has 0 unspecified atom stereocenters. The van der Waals surface area contributed by atoms with E-state index in [0.29, 0.717) is 39.0 Å². The van der Waals surface area contributed by atoms with Crippen LogP contribution in [0.2, 0.25) is 5.02 Å². The Bertz CT molecular complexity index is 1240. The lowest BCUT2D eigenvalue weighted by Gasteiger charge is -2.10. The number of aryl methyl sites for hydroxylation is 1. The van der Waals surface area contributed by atoms with Gasteiger partial charge in [-0.25, -0.2) is 4.79 Å². The molecule has 0 N–H and O–H groups in total. The first kappa shape index (κ1) is 21.5. The summed E-state index contributed by atoms with van der Waals surface area (Å²) in [5.74, 6) is 0.788. The van der Waals surface area contributed by atoms with E-state index < -0.39 is 5.97 Å². The van der Waals surface area contributed by atoms with Crippen molar-refractivity contribution in [2.45, 2.75) is 6.92 Å². The molecule has 7 heteroatoms. The second-order valence-electron chi connectivity index (χ2n) is 7.07. The Morgan fingerprint density at radius 3 is 2.31 bits per heavy atom. The lowest BCUT2D eigenvalue weighted by molar-refractivity contribution is 0.0733. The van der Waals surface area contributed by atoms with E-state index in [4.69, 9.17) is 30.5 Å². The van der Waals surface area contributed by atoms with Gasteiger partial charge in [0.1, 0.15) is 23.0 Å². The number of esters is 1. The predicted octanol–water partition coefficient (Wildman–Crippen LogP) is 5.50. The fourth-order valence-corrected chi connectivity index (χ4v) is 3.55. The highest BCUT2D eigenvalue weighted by Crippen LogP contribution is 2.38. The first-order chi connectivity index (χ1) is 15.4. The maximum atomic E-state index is 12.9. The number of ether oxygens (including phenoxy) is 4. The zero-order valence-corrected chi connectivity index (χ0v) is 18.4.